The molecule has 5 N–H and O–H groups in total. The summed E-state index contributed by atoms with van der Waals surface area (Å²) in [5.74, 6) is -1.23. The Morgan fingerprint density at radius 1 is 1.00 bits per heavy atom. The average Bonchev–Trinajstić information content (AvgIpc) is 2.84. The Bertz CT molecular complexity index is 774. The topological polar surface area (TPSA) is 154 Å². The number of nitrogens with zero attached hydrogens (tertiary/aromatic N) is 2. The number of nitrogens with two attached hydrogens (primary N) is 1. The van der Waals surface area contributed by atoms with Crippen LogP contribution in [0.3, 0.4) is 0 Å². The molecule has 0 heterocycles. The first-order valence-electron chi connectivity index (χ1n) is 13.0. The Morgan fingerprint density at radius 3 is 2.11 bits per heavy atom. The second-order valence-electron chi connectivity index (χ2n) is 9.10. The first kappa shape index (κ1) is 37.0. The van der Waals surface area contributed by atoms with Crippen LogP contribution in [0.5, 0.6) is 5.75 Å². The van der Waals surface area contributed by atoms with E-state index in [1.807, 2.05) is 0 Å². The summed E-state index contributed by atoms with van der Waals surface area (Å²) in [6.07, 6.45) is 3.80. The van der Waals surface area contributed by atoms with Gasteiger partial charge in [-0.1, -0.05) is 51.8 Å². The molecular weight excluding hydrogens is 490 g/mol. The number of hydrogen-bond acceptors (Lipinski definition) is 7. The van der Waals surface area contributed by atoms with Crippen LogP contribution < -0.4 is 21.1 Å². The maximum atomic E-state index is 11.8. The molecule has 1 unspecified atom stereocenters. The van der Waals surface area contributed by atoms with E-state index in [0.717, 1.165) is 12.5 Å². The van der Waals surface area contributed by atoms with Gasteiger partial charge in [-0.2, -0.15) is 0 Å². The first-order chi connectivity index (χ1) is 18.0. The lowest BCUT2D eigenvalue weighted by atomic mass is 10.1. The molecule has 1 atom stereocenters. The molecule has 0 aliphatic carbocycles. The molecule has 0 saturated carbocycles. The zero-order chi connectivity index (χ0) is 29.3. The van der Waals surface area contributed by atoms with Crippen LogP contribution in [-0.2, 0) is 14.4 Å². The van der Waals surface area contributed by atoms with Gasteiger partial charge in [0.05, 0.1) is 6.54 Å². The number of hydrogen-bond donors (Lipinski definition) is 4. The summed E-state index contributed by atoms with van der Waals surface area (Å²) in [4.78, 5) is 48.1. The van der Waals surface area contributed by atoms with Crippen LogP contribution in [0.15, 0.2) is 30.3 Å². The highest BCUT2D eigenvalue weighted by Gasteiger charge is 2.12. The molecule has 38 heavy (non-hydrogen) atoms. The Kier molecular flexibility index (Phi) is 23.5. The monoisotopic (exact) mass is 539 g/mol. The van der Waals surface area contributed by atoms with Crippen LogP contribution in [0.1, 0.15) is 52.9 Å². The van der Waals surface area contributed by atoms with Crippen molar-refractivity contribution in [3.63, 3.8) is 0 Å². The Hall–Kier alpha value is -3.18. The van der Waals surface area contributed by atoms with Gasteiger partial charge in [0.25, 0.3) is 0 Å². The third-order valence-electron chi connectivity index (χ3n) is 4.80. The molecule has 11 heteroatoms. The third kappa shape index (κ3) is 24.5. The van der Waals surface area contributed by atoms with Crippen molar-refractivity contribution in [1.82, 2.24) is 20.4 Å². The molecule has 0 fully saturated rings. The number of para-hydroxylation sites is 1. The summed E-state index contributed by atoms with van der Waals surface area (Å²) in [5.41, 5.74) is 5.14. The van der Waals surface area contributed by atoms with E-state index >= 15 is 0 Å². The molecule has 0 aromatic heterocycles. The predicted octanol–water partition coefficient (Wildman–Crippen LogP) is 2.55. The minimum absolute atomic E-state index is 0.161. The van der Waals surface area contributed by atoms with Crippen molar-refractivity contribution in [3.8, 4) is 5.75 Å². The normalized spacial score (nSPS) is 10.6. The molecule has 0 spiro atoms. The van der Waals surface area contributed by atoms with Crippen LogP contribution in [0, 0.1) is 5.92 Å². The zero-order valence-corrected chi connectivity index (χ0v) is 24.0. The van der Waals surface area contributed by atoms with Crippen molar-refractivity contribution in [2.24, 2.45) is 11.7 Å². The fourth-order valence-corrected chi connectivity index (χ4v) is 2.97. The Morgan fingerprint density at radius 2 is 1.63 bits per heavy atom. The molecule has 1 aromatic carbocycles. The number of carboxylic acids is 1. The molecule has 11 nitrogen and oxygen atoms in total. The lowest BCUT2D eigenvalue weighted by Crippen LogP contribution is -2.41. The van der Waals surface area contributed by atoms with E-state index in [1.165, 1.54) is 44.2 Å². The van der Waals surface area contributed by atoms with Gasteiger partial charge in [-0.15, -0.1) is 0 Å². The molecule has 0 saturated heterocycles. The molecule has 1 aromatic rings. The molecule has 3 amide bonds. The third-order valence-corrected chi connectivity index (χ3v) is 4.80. The SMILES string of the molecule is CCCC(C)CN(C)C.CCCCN.CN(CCNC(=O)CNC(=O)CC(=O)O)C(=O)Oc1ccccc1. The number of benzene rings is 1. The lowest BCUT2D eigenvalue weighted by Gasteiger charge is -2.17. The standard InChI is InChI=1S/C15H19N3O6.C8H19N.C4H11N/c1-18(15(23)24-11-5-3-2-4-6-11)8-7-16-13(20)10-17-12(19)9-14(21)22;1-5-6-8(2)7-9(3)4;1-2-3-4-5/h2-6H,7-10H2,1H3,(H,16,20)(H,17,19)(H,21,22);8H,5-7H2,1-4H3;2-5H2,1H3. The molecule has 0 bridgehead atoms. The summed E-state index contributed by atoms with van der Waals surface area (Å²) in [6.45, 7) is 8.80. The van der Waals surface area contributed by atoms with Crippen LogP contribution in [0.2, 0.25) is 0 Å². The first-order valence-corrected chi connectivity index (χ1v) is 13.0. The van der Waals surface area contributed by atoms with E-state index in [1.54, 1.807) is 30.3 Å². The van der Waals surface area contributed by atoms with Gasteiger partial charge in [-0.25, -0.2) is 4.79 Å². The van der Waals surface area contributed by atoms with Crippen molar-refractivity contribution in [3.05, 3.63) is 30.3 Å². The highest BCUT2D eigenvalue weighted by molar-refractivity contribution is 5.95. The number of carbonyl (C=O) groups is 4. The van der Waals surface area contributed by atoms with E-state index in [-0.39, 0.29) is 19.6 Å². The van der Waals surface area contributed by atoms with Crippen LogP contribution in [-0.4, -0.2) is 92.7 Å². The summed E-state index contributed by atoms with van der Waals surface area (Å²) in [7, 11) is 5.78. The quantitative estimate of drug-likeness (QED) is 0.263. The number of likely N-dealkylation sites (N-methyl/N-ethyl adjacent to an activating group) is 1. The van der Waals surface area contributed by atoms with Gasteiger partial charge < -0.3 is 36.0 Å². The van der Waals surface area contributed by atoms with Gasteiger partial charge in [-0.3, -0.25) is 14.4 Å². The zero-order valence-electron chi connectivity index (χ0n) is 24.0. The molecule has 0 aliphatic heterocycles. The van der Waals surface area contributed by atoms with Gasteiger partial charge in [0.15, 0.2) is 0 Å². The highest BCUT2D eigenvalue weighted by Crippen LogP contribution is 2.09. The summed E-state index contributed by atoms with van der Waals surface area (Å²) in [6, 6.07) is 8.56. The number of nitrogens with one attached hydrogen (secondary N) is 2. The molecule has 0 radical (unpaired) electrons. The van der Waals surface area contributed by atoms with Gasteiger partial charge in [-0.05, 0) is 51.5 Å². The van der Waals surface area contributed by atoms with Crippen LogP contribution >= 0.6 is 0 Å². The molecule has 218 valence electrons. The Labute approximate surface area is 228 Å². The van der Waals surface area contributed by atoms with Gasteiger partial charge >= 0.3 is 12.1 Å². The second kappa shape index (κ2) is 24.2. The predicted molar refractivity (Wildman–Crippen MR) is 150 cm³/mol. The highest BCUT2D eigenvalue weighted by atomic mass is 16.6. The number of carboxylic acid groups (broad SMARTS) is 1. The number of aliphatic carboxylic acids is 1. The summed E-state index contributed by atoms with van der Waals surface area (Å²) >= 11 is 0. The maximum Gasteiger partial charge on any atom is 0.415 e. The van der Waals surface area contributed by atoms with E-state index in [4.69, 9.17) is 15.6 Å². The van der Waals surface area contributed by atoms with E-state index < -0.39 is 30.3 Å². The summed E-state index contributed by atoms with van der Waals surface area (Å²) < 4.78 is 5.11. The second-order valence-corrected chi connectivity index (χ2v) is 9.10. The molecule has 0 aliphatic rings. The van der Waals surface area contributed by atoms with Gasteiger partial charge in [0.2, 0.25) is 11.8 Å². The Balaban J connectivity index is 0. The minimum Gasteiger partial charge on any atom is -0.481 e. The fourth-order valence-electron chi connectivity index (χ4n) is 2.97. The number of amides is 3. The number of unbranched alkanes of at least 4 members (excludes halogenated alkanes) is 1. The minimum atomic E-state index is -1.27. The summed E-state index contributed by atoms with van der Waals surface area (Å²) in [5, 5.41) is 13.1. The van der Waals surface area contributed by atoms with E-state index in [2.05, 4.69) is 50.4 Å². The van der Waals surface area contributed by atoms with E-state index in [0.29, 0.717) is 5.75 Å². The maximum absolute atomic E-state index is 11.8. The van der Waals surface area contributed by atoms with Crippen LogP contribution in [0.4, 0.5) is 4.79 Å². The van der Waals surface area contributed by atoms with Crippen LogP contribution in [0.25, 0.3) is 0 Å². The van der Waals surface area contributed by atoms with E-state index in [9.17, 15) is 19.2 Å². The van der Waals surface area contributed by atoms with Crippen molar-refractivity contribution < 1.29 is 29.0 Å². The number of rotatable bonds is 14. The smallest absolute Gasteiger partial charge is 0.415 e. The number of carbonyl (C=O) groups excluding carboxylic acids is 3. The van der Waals surface area contributed by atoms with Crippen molar-refractivity contribution in [2.75, 3.05) is 53.9 Å². The molecular formula is C27H49N5O6. The fraction of sp³-hybridized carbons (Fsp3) is 0.630. The van der Waals surface area contributed by atoms with Gasteiger partial charge in [0, 0.05) is 26.7 Å². The van der Waals surface area contributed by atoms with Crippen molar-refractivity contribution in [2.45, 2.75) is 52.9 Å². The van der Waals surface area contributed by atoms with Gasteiger partial charge in [0.1, 0.15) is 12.2 Å². The van der Waals surface area contributed by atoms with Crippen molar-refractivity contribution >= 4 is 23.9 Å². The largest absolute Gasteiger partial charge is 0.481 e. The number of ether oxygens (including phenoxy) is 1. The molecule has 1 rings (SSSR count). The lowest BCUT2D eigenvalue weighted by molar-refractivity contribution is -0.141. The van der Waals surface area contributed by atoms with Crippen molar-refractivity contribution in [1.29, 1.82) is 0 Å². The average molecular weight is 540 g/mol.